The zero-order chi connectivity index (χ0) is 17.1. The molecule has 0 radical (unpaired) electrons. The van der Waals surface area contributed by atoms with Crippen molar-refractivity contribution in [1.82, 2.24) is 4.98 Å². The highest BCUT2D eigenvalue weighted by atomic mass is 19.1. The molecule has 5 heteroatoms. The number of nitrogens with zero attached hydrogens (tertiary/aromatic N) is 1. The molecule has 0 aliphatic carbocycles. The Hall–Kier alpha value is -3.21. The Morgan fingerprint density at radius 2 is 1.92 bits per heavy atom. The van der Waals surface area contributed by atoms with Crippen molar-refractivity contribution in [2.45, 2.75) is 0 Å². The number of fused-ring (bicyclic) bond motifs is 1. The summed E-state index contributed by atoms with van der Waals surface area (Å²) in [6, 6.07) is 14.0. The lowest BCUT2D eigenvalue weighted by Gasteiger charge is -2.09. The van der Waals surface area contributed by atoms with Crippen molar-refractivity contribution in [3.8, 4) is 11.1 Å². The second-order valence-electron chi connectivity index (χ2n) is 5.28. The van der Waals surface area contributed by atoms with E-state index in [0.29, 0.717) is 11.3 Å². The van der Waals surface area contributed by atoms with Crippen LogP contribution in [0, 0.1) is 5.82 Å². The third-order valence-electron chi connectivity index (χ3n) is 3.63. The molecule has 0 atom stereocenters. The van der Waals surface area contributed by atoms with E-state index in [1.807, 2.05) is 30.3 Å². The molecule has 24 heavy (non-hydrogen) atoms. The van der Waals surface area contributed by atoms with E-state index in [1.54, 1.807) is 13.1 Å². The third-order valence-corrected chi connectivity index (χ3v) is 3.63. The Morgan fingerprint density at radius 1 is 1.12 bits per heavy atom. The monoisotopic (exact) mass is 321 g/mol. The summed E-state index contributed by atoms with van der Waals surface area (Å²) in [6.45, 7) is 3.39. The standard InChI is InChI=1S/C19H16FN3O/c1-3-19(24)22-16-9-14(8-15(20)11-16)13-5-4-12-6-7-18(21-2)23-17(12)10-13/h3-11H,1H2,2H3,(H,21,23)(H,22,24). The number of pyridine rings is 1. The smallest absolute Gasteiger partial charge is 0.247 e. The Morgan fingerprint density at radius 3 is 2.67 bits per heavy atom. The van der Waals surface area contributed by atoms with Crippen LogP contribution in [0.25, 0.3) is 22.0 Å². The van der Waals surface area contributed by atoms with Gasteiger partial charge in [0.05, 0.1) is 5.52 Å². The average Bonchev–Trinajstić information content (AvgIpc) is 2.60. The molecule has 0 fully saturated rings. The van der Waals surface area contributed by atoms with Crippen LogP contribution in [-0.2, 0) is 4.79 Å². The lowest BCUT2D eigenvalue weighted by Crippen LogP contribution is -2.07. The molecule has 3 rings (SSSR count). The van der Waals surface area contributed by atoms with Gasteiger partial charge in [-0.3, -0.25) is 4.79 Å². The zero-order valence-electron chi connectivity index (χ0n) is 13.1. The van der Waals surface area contributed by atoms with E-state index in [4.69, 9.17) is 0 Å². The molecule has 0 unspecified atom stereocenters. The fourth-order valence-corrected chi connectivity index (χ4v) is 2.46. The number of nitrogens with one attached hydrogen (secondary N) is 2. The van der Waals surface area contributed by atoms with Gasteiger partial charge in [0.1, 0.15) is 11.6 Å². The molecule has 2 N–H and O–H groups in total. The lowest BCUT2D eigenvalue weighted by molar-refractivity contribution is -0.111. The molecule has 0 spiro atoms. The molecule has 4 nitrogen and oxygen atoms in total. The molecule has 1 heterocycles. The maximum absolute atomic E-state index is 13.9. The van der Waals surface area contributed by atoms with Gasteiger partial charge in [0.2, 0.25) is 5.91 Å². The maximum Gasteiger partial charge on any atom is 0.247 e. The Balaban J connectivity index is 2.05. The highest BCUT2D eigenvalue weighted by Gasteiger charge is 2.07. The highest BCUT2D eigenvalue weighted by Crippen LogP contribution is 2.27. The van der Waals surface area contributed by atoms with Crippen LogP contribution >= 0.6 is 0 Å². The molecule has 0 saturated heterocycles. The lowest BCUT2D eigenvalue weighted by atomic mass is 10.0. The van der Waals surface area contributed by atoms with E-state index in [9.17, 15) is 9.18 Å². The first-order valence-electron chi connectivity index (χ1n) is 7.42. The van der Waals surface area contributed by atoms with Gasteiger partial charge in [-0.25, -0.2) is 9.37 Å². The topological polar surface area (TPSA) is 54.0 Å². The van der Waals surface area contributed by atoms with Gasteiger partial charge in [-0.1, -0.05) is 18.7 Å². The van der Waals surface area contributed by atoms with Crippen LogP contribution in [0.1, 0.15) is 0 Å². The first-order valence-corrected chi connectivity index (χ1v) is 7.42. The van der Waals surface area contributed by atoms with Gasteiger partial charge in [-0.15, -0.1) is 0 Å². The van der Waals surface area contributed by atoms with Crippen LogP contribution in [0.15, 0.2) is 61.2 Å². The van der Waals surface area contributed by atoms with Gasteiger partial charge in [0, 0.05) is 18.1 Å². The summed E-state index contributed by atoms with van der Waals surface area (Å²) in [6.07, 6.45) is 1.14. The third kappa shape index (κ3) is 3.25. The van der Waals surface area contributed by atoms with Gasteiger partial charge in [-0.05, 0) is 53.6 Å². The van der Waals surface area contributed by atoms with Crippen LogP contribution < -0.4 is 10.6 Å². The van der Waals surface area contributed by atoms with Crippen molar-refractivity contribution in [3.63, 3.8) is 0 Å². The minimum atomic E-state index is -0.427. The normalized spacial score (nSPS) is 10.4. The molecule has 1 aromatic heterocycles. The van der Waals surface area contributed by atoms with Crippen molar-refractivity contribution >= 4 is 28.3 Å². The van der Waals surface area contributed by atoms with E-state index in [0.717, 1.165) is 28.4 Å². The maximum atomic E-state index is 13.9. The SMILES string of the molecule is C=CC(=O)Nc1cc(F)cc(-c2ccc3ccc(NC)nc3c2)c1. The summed E-state index contributed by atoms with van der Waals surface area (Å²) in [4.78, 5) is 15.9. The van der Waals surface area contributed by atoms with Crippen LogP contribution in [0.3, 0.4) is 0 Å². The molecule has 3 aromatic rings. The van der Waals surface area contributed by atoms with Crippen LogP contribution in [0.5, 0.6) is 0 Å². The van der Waals surface area contributed by atoms with Crippen molar-refractivity contribution in [3.05, 3.63) is 67.0 Å². The fourth-order valence-electron chi connectivity index (χ4n) is 2.46. The predicted octanol–water partition coefficient (Wildman–Crippen LogP) is 4.21. The van der Waals surface area contributed by atoms with E-state index in [2.05, 4.69) is 22.2 Å². The Labute approximate surface area is 139 Å². The highest BCUT2D eigenvalue weighted by molar-refractivity contribution is 5.99. The molecule has 0 bridgehead atoms. The van der Waals surface area contributed by atoms with Crippen molar-refractivity contribution in [2.24, 2.45) is 0 Å². The zero-order valence-corrected chi connectivity index (χ0v) is 13.1. The summed E-state index contributed by atoms with van der Waals surface area (Å²) < 4.78 is 13.9. The molecule has 0 aliphatic heterocycles. The van der Waals surface area contributed by atoms with E-state index >= 15 is 0 Å². The fraction of sp³-hybridized carbons (Fsp3) is 0.0526. The molecule has 1 amide bonds. The molecule has 2 aromatic carbocycles. The van der Waals surface area contributed by atoms with Gasteiger partial charge >= 0.3 is 0 Å². The van der Waals surface area contributed by atoms with E-state index < -0.39 is 5.82 Å². The van der Waals surface area contributed by atoms with Crippen molar-refractivity contribution < 1.29 is 9.18 Å². The number of benzene rings is 2. The van der Waals surface area contributed by atoms with Crippen LogP contribution in [0.2, 0.25) is 0 Å². The number of carbonyl (C=O) groups excluding carboxylic acids is 1. The number of rotatable bonds is 4. The number of carbonyl (C=O) groups is 1. The van der Waals surface area contributed by atoms with Crippen LogP contribution in [-0.4, -0.2) is 17.9 Å². The summed E-state index contributed by atoms with van der Waals surface area (Å²) in [5, 5.41) is 6.57. The molecule has 0 aliphatic rings. The second kappa shape index (κ2) is 6.50. The largest absolute Gasteiger partial charge is 0.373 e. The van der Waals surface area contributed by atoms with Gasteiger partial charge in [-0.2, -0.15) is 0 Å². The second-order valence-corrected chi connectivity index (χ2v) is 5.28. The quantitative estimate of drug-likeness (QED) is 0.708. The Kier molecular flexibility index (Phi) is 4.24. The van der Waals surface area contributed by atoms with Crippen molar-refractivity contribution in [2.75, 3.05) is 17.7 Å². The molecular weight excluding hydrogens is 305 g/mol. The summed E-state index contributed by atoms with van der Waals surface area (Å²) >= 11 is 0. The molecule has 120 valence electrons. The van der Waals surface area contributed by atoms with Crippen LogP contribution in [0.4, 0.5) is 15.9 Å². The predicted molar refractivity (Wildman–Crippen MR) is 95.5 cm³/mol. The average molecular weight is 321 g/mol. The molecule has 0 saturated carbocycles. The van der Waals surface area contributed by atoms with Gasteiger partial charge < -0.3 is 10.6 Å². The minimum absolute atomic E-state index is 0.381. The minimum Gasteiger partial charge on any atom is -0.373 e. The summed E-state index contributed by atoms with van der Waals surface area (Å²) in [5.41, 5.74) is 2.66. The van der Waals surface area contributed by atoms with Gasteiger partial charge in [0.25, 0.3) is 0 Å². The first kappa shape index (κ1) is 15.7. The van der Waals surface area contributed by atoms with Crippen molar-refractivity contribution in [1.29, 1.82) is 0 Å². The number of aromatic nitrogens is 1. The summed E-state index contributed by atoms with van der Waals surface area (Å²) in [5.74, 6) is -0.0490. The van der Waals surface area contributed by atoms with Gasteiger partial charge in [0.15, 0.2) is 0 Å². The van der Waals surface area contributed by atoms with E-state index in [-0.39, 0.29) is 5.91 Å². The number of anilines is 2. The van der Waals surface area contributed by atoms with E-state index in [1.165, 1.54) is 12.1 Å². The number of amides is 1. The number of hydrogen-bond acceptors (Lipinski definition) is 3. The molecular formula is C19H16FN3O. The Bertz CT molecular complexity index is 937. The number of halogens is 1. The summed E-state index contributed by atoms with van der Waals surface area (Å²) in [7, 11) is 1.80. The first-order chi connectivity index (χ1) is 11.6. The number of hydrogen-bond donors (Lipinski definition) is 2.